The minimum absolute atomic E-state index is 0.0250. The predicted molar refractivity (Wildman–Crippen MR) is 126 cm³/mol. The first-order chi connectivity index (χ1) is 15.8. The highest BCUT2D eigenvalue weighted by Crippen LogP contribution is 2.29. The van der Waals surface area contributed by atoms with Crippen molar-refractivity contribution in [2.75, 3.05) is 0 Å². The number of hydrogen-bond acceptors (Lipinski definition) is 6. The normalized spacial score (nSPS) is 11.5. The van der Waals surface area contributed by atoms with E-state index in [0.717, 1.165) is 10.9 Å². The van der Waals surface area contributed by atoms with Gasteiger partial charge in [-0.1, -0.05) is 60.2 Å². The molecule has 1 amide bonds. The molecule has 0 saturated heterocycles. The van der Waals surface area contributed by atoms with E-state index in [4.69, 9.17) is 4.18 Å². The van der Waals surface area contributed by atoms with Crippen LogP contribution in [0.15, 0.2) is 94.9 Å². The third kappa shape index (κ3) is 4.86. The van der Waals surface area contributed by atoms with Crippen molar-refractivity contribution >= 4 is 33.0 Å². The van der Waals surface area contributed by atoms with Crippen molar-refractivity contribution in [3.8, 4) is 11.5 Å². The Morgan fingerprint density at radius 3 is 2.39 bits per heavy atom. The number of rotatable bonds is 6. The molecule has 4 aromatic carbocycles. The largest absolute Gasteiger partial charge is 0.507 e. The Morgan fingerprint density at radius 2 is 1.64 bits per heavy atom. The summed E-state index contributed by atoms with van der Waals surface area (Å²) >= 11 is 0. The maximum atomic E-state index is 12.8. The summed E-state index contributed by atoms with van der Waals surface area (Å²) in [5.41, 5.74) is 3.71. The molecular formula is C25H20N2O5S. The van der Waals surface area contributed by atoms with Gasteiger partial charge in [-0.3, -0.25) is 4.79 Å². The summed E-state index contributed by atoms with van der Waals surface area (Å²) in [4.78, 5) is 12.4. The van der Waals surface area contributed by atoms with Crippen LogP contribution in [0.3, 0.4) is 0 Å². The second-order valence-corrected chi connectivity index (χ2v) is 8.81. The lowest BCUT2D eigenvalue weighted by atomic mass is 10.0. The van der Waals surface area contributed by atoms with E-state index in [-0.39, 0.29) is 22.0 Å². The van der Waals surface area contributed by atoms with E-state index in [1.165, 1.54) is 30.5 Å². The van der Waals surface area contributed by atoms with Crippen LogP contribution >= 0.6 is 0 Å². The van der Waals surface area contributed by atoms with Crippen molar-refractivity contribution in [2.24, 2.45) is 5.10 Å². The highest BCUT2D eigenvalue weighted by atomic mass is 32.2. The lowest BCUT2D eigenvalue weighted by Crippen LogP contribution is -2.18. The van der Waals surface area contributed by atoms with E-state index in [2.05, 4.69) is 10.5 Å². The maximum absolute atomic E-state index is 12.8. The smallest absolute Gasteiger partial charge is 0.339 e. The van der Waals surface area contributed by atoms with E-state index >= 15 is 0 Å². The molecule has 0 aliphatic rings. The van der Waals surface area contributed by atoms with Crippen LogP contribution in [0.5, 0.6) is 11.5 Å². The van der Waals surface area contributed by atoms with Gasteiger partial charge in [-0.2, -0.15) is 13.5 Å². The number of amides is 1. The lowest BCUT2D eigenvalue weighted by Gasteiger charge is -2.12. The van der Waals surface area contributed by atoms with Gasteiger partial charge in [-0.25, -0.2) is 5.43 Å². The molecule has 0 atom stereocenters. The molecule has 4 aromatic rings. The molecule has 0 heterocycles. The number of hydrogen-bond donors (Lipinski definition) is 2. The molecule has 33 heavy (non-hydrogen) atoms. The predicted octanol–water partition coefficient (Wildman–Crippen LogP) is 4.39. The Kier molecular flexibility index (Phi) is 6.10. The zero-order valence-corrected chi connectivity index (χ0v) is 18.4. The molecule has 0 fully saturated rings. The summed E-state index contributed by atoms with van der Waals surface area (Å²) in [7, 11) is -4.09. The number of para-hydroxylation sites is 1. The molecule has 0 bridgehead atoms. The third-order valence-corrected chi connectivity index (χ3v) is 6.20. The fraction of sp³-hybridized carbons (Fsp3) is 0.0400. The fourth-order valence-corrected chi connectivity index (χ4v) is 4.18. The number of aryl methyl sites for hydroxylation is 1. The standard InChI is InChI=1S/C25H20N2O5S/c1-17-10-13-19(14-11-17)33(30,31)32-24-15-12-18-6-2-3-7-20(18)22(24)16-26-27-25(29)21-8-4-5-9-23(21)28/h2-16,28H,1H3,(H,27,29)/b26-16+. The molecule has 0 saturated carbocycles. The summed E-state index contributed by atoms with van der Waals surface area (Å²) in [6.45, 7) is 1.86. The van der Waals surface area contributed by atoms with Gasteiger partial charge in [0.2, 0.25) is 0 Å². The minimum atomic E-state index is -4.09. The van der Waals surface area contributed by atoms with Gasteiger partial charge in [0.1, 0.15) is 10.6 Å². The van der Waals surface area contributed by atoms with Crippen molar-refractivity contribution in [1.29, 1.82) is 0 Å². The number of aromatic hydroxyl groups is 1. The highest BCUT2D eigenvalue weighted by Gasteiger charge is 2.19. The molecule has 0 aliphatic carbocycles. The molecule has 0 aliphatic heterocycles. The van der Waals surface area contributed by atoms with E-state index in [0.29, 0.717) is 10.9 Å². The van der Waals surface area contributed by atoms with Crippen LogP contribution in [0.2, 0.25) is 0 Å². The summed E-state index contributed by atoms with van der Waals surface area (Å²) in [5, 5.41) is 15.3. The fourth-order valence-electron chi connectivity index (χ4n) is 3.23. The Bertz CT molecular complexity index is 1460. The molecule has 0 spiro atoms. The Balaban J connectivity index is 1.68. The second kappa shape index (κ2) is 9.13. The summed E-state index contributed by atoms with van der Waals surface area (Å²) in [5.74, 6) is -0.724. The van der Waals surface area contributed by atoms with Crippen molar-refractivity contribution < 1.29 is 22.5 Å². The molecule has 0 radical (unpaired) electrons. The number of phenolic OH excluding ortho intramolecular Hbond substituents is 1. The van der Waals surface area contributed by atoms with Gasteiger partial charge in [0.15, 0.2) is 5.75 Å². The van der Waals surface area contributed by atoms with Crippen LogP contribution in [-0.4, -0.2) is 25.6 Å². The van der Waals surface area contributed by atoms with Crippen molar-refractivity contribution in [3.63, 3.8) is 0 Å². The zero-order chi connectivity index (χ0) is 23.4. The SMILES string of the molecule is Cc1ccc(S(=O)(=O)Oc2ccc3ccccc3c2/C=N/NC(=O)c2ccccc2O)cc1. The monoisotopic (exact) mass is 460 g/mol. The molecule has 4 rings (SSSR count). The van der Waals surface area contributed by atoms with Gasteiger partial charge in [-0.05, 0) is 48.0 Å². The number of nitrogens with zero attached hydrogens (tertiary/aromatic N) is 1. The van der Waals surface area contributed by atoms with Crippen molar-refractivity contribution in [2.45, 2.75) is 11.8 Å². The molecular weight excluding hydrogens is 440 g/mol. The van der Waals surface area contributed by atoms with Gasteiger partial charge >= 0.3 is 10.1 Å². The van der Waals surface area contributed by atoms with E-state index in [1.54, 1.807) is 48.5 Å². The minimum Gasteiger partial charge on any atom is -0.507 e. The molecule has 0 aromatic heterocycles. The number of phenols is 1. The maximum Gasteiger partial charge on any atom is 0.339 e. The van der Waals surface area contributed by atoms with Crippen LogP contribution in [0.1, 0.15) is 21.5 Å². The van der Waals surface area contributed by atoms with Crippen molar-refractivity contribution in [3.05, 3.63) is 102 Å². The molecule has 166 valence electrons. The van der Waals surface area contributed by atoms with Crippen molar-refractivity contribution in [1.82, 2.24) is 5.43 Å². The zero-order valence-electron chi connectivity index (χ0n) is 17.6. The molecule has 2 N–H and O–H groups in total. The summed E-state index contributed by atoms with van der Waals surface area (Å²) in [6, 6.07) is 23.0. The molecule has 7 nitrogen and oxygen atoms in total. The summed E-state index contributed by atoms with van der Waals surface area (Å²) in [6.07, 6.45) is 1.32. The number of hydrazone groups is 1. The van der Waals surface area contributed by atoms with Gasteiger partial charge in [0.05, 0.1) is 11.8 Å². The van der Waals surface area contributed by atoms with Crippen LogP contribution in [-0.2, 0) is 10.1 Å². The Labute approximate surface area is 191 Å². The quantitative estimate of drug-likeness (QED) is 0.252. The van der Waals surface area contributed by atoms with Gasteiger partial charge in [0, 0.05) is 5.56 Å². The lowest BCUT2D eigenvalue weighted by molar-refractivity contribution is 0.0952. The van der Waals surface area contributed by atoms with E-state index in [1.807, 2.05) is 19.1 Å². The summed E-state index contributed by atoms with van der Waals surface area (Å²) < 4.78 is 31.1. The first kappa shape index (κ1) is 22.0. The number of carbonyl (C=O) groups excluding carboxylic acids is 1. The van der Waals surface area contributed by atoms with Gasteiger partial charge in [-0.15, -0.1) is 0 Å². The van der Waals surface area contributed by atoms with Crippen LogP contribution in [0.25, 0.3) is 10.8 Å². The third-order valence-electron chi connectivity index (χ3n) is 4.95. The van der Waals surface area contributed by atoms with E-state index < -0.39 is 16.0 Å². The van der Waals surface area contributed by atoms with Crippen LogP contribution in [0.4, 0.5) is 0 Å². The molecule has 0 unspecified atom stereocenters. The second-order valence-electron chi connectivity index (χ2n) is 7.27. The highest BCUT2D eigenvalue weighted by molar-refractivity contribution is 7.87. The first-order valence-corrected chi connectivity index (χ1v) is 11.4. The van der Waals surface area contributed by atoms with Crippen LogP contribution in [0, 0.1) is 6.92 Å². The average Bonchev–Trinajstić information content (AvgIpc) is 2.80. The molecule has 8 heteroatoms. The van der Waals surface area contributed by atoms with E-state index in [9.17, 15) is 18.3 Å². The van der Waals surface area contributed by atoms with Gasteiger partial charge < -0.3 is 9.29 Å². The topological polar surface area (TPSA) is 105 Å². The first-order valence-electron chi connectivity index (χ1n) is 9.99. The Morgan fingerprint density at radius 1 is 0.939 bits per heavy atom. The Hall–Kier alpha value is -4.17. The average molecular weight is 461 g/mol. The number of fused-ring (bicyclic) bond motifs is 1. The number of benzene rings is 4. The van der Waals surface area contributed by atoms with Gasteiger partial charge in [0.25, 0.3) is 5.91 Å². The number of carbonyl (C=O) groups is 1. The van der Waals surface area contributed by atoms with Crippen LogP contribution < -0.4 is 9.61 Å². The number of nitrogens with one attached hydrogen (secondary N) is 1.